The Kier molecular flexibility index (Phi) is 5.99. The summed E-state index contributed by atoms with van der Waals surface area (Å²) in [5.74, 6) is 0.0438. The topological polar surface area (TPSA) is 51.2 Å². The standard InChI is InChI=1S/C27H30O3/c1-17-11-13-21(23(15-17)19-7-3-5-9-25(19)28)27(30)22-14-12-18(2)16-24(22)20-8-4-6-10-26(20)29/h11-16,19-20H,3-10H2,1-2H3. The maximum absolute atomic E-state index is 13.8. The molecule has 2 atom stereocenters. The quantitative estimate of drug-likeness (QED) is 0.590. The van der Waals surface area contributed by atoms with Gasteiger partial charge in [0.1, 0.15) is 11.6 Å². The summed E-state index contributed by atoms with van der Waals surface area (Å²) in [6.07, 6.45) is 6.73. The predicted octanol–water partition coefficient (Wildman–Crippen LogP) is 5.99. The summed E-state index contributed by atoms with van der Waals surface area (Å²) >= 11 is 0. The Bertz CT molecular complexity index is 922. The van der Waals surface area contributed by atoms with E-state index >= 15 is 0 Å². The van der Waals surface area contributed by atoms with Crippen molar-refractivity contribution in [2.45, 2.75) is 77.0 Å². The number of ketones is 3. The molecule has 2 saturated carbocycles. The van der Waals surface area contributed by atoms with E-state index in [1.54, 1.807) is 0 Å². The molecule has 3 heteroatoms. The Labute approximate surface area is 178 Å². The first kappa shape index (κ1) is 20.7. The molecular formula is C27H30O3. The molecule has 0 amide bonds. The molecule has 0 aromatic heterocycles. The number of carbonyl (C=O) groups is 3. The highest BCUT2D eigenvalue weighted by Crippen LogP contribution is 2.36. The molecule has 30 heavy (non-hydrogen) atoms. The smallest absolute Gasteiger partial charge is 0.193 e. The van der Waals surface area contributed by atoms with Crippen LogP contribution in [0.5, 0.6) is 0 Å². The largest absolute Gasteiger partial charge is 0.299 e. The molecule has 2 fully saturated rings. The van der Waals surface area contributed by atoms with Crippen LogP contribution in [-0.2, 0) is 9.59 Å². The summed E-state index contributed by atoms with van der Waals surface area (Å²) in [6, 6.07) is 11.7. The number of hydrogen-bond acceptors (Lipinski definition) is 3. The second-order valence-corrected chi connectivity index (χ2v) is 9.04. The third kappa shape index (κ3) is 4.03. The number of aryl methyl sites for hydroxylation is 2. The SMILES string of the molecule is Cc1ccc(C(=O)c2ccc(C)cc2C2CCCCC2=O)c(C2CCCCC2=O)c1. The minimum absolute atomic E-state index is 0.0586. The van der Waals surface area contributed by atoms with Crippen LogP contribution in [0, 0.1) is 13.8 Å². The van der Waals surface area contributed by atoms with E-state index in [-0.39, 0.29) is 29.2 Å². The second kappa shape index (κ2) is 8.67. The molecule has 3 nitrogen and oxygen atoms in total. The van der Waals surface area contributed by atoms with Crippen LogP contribution in [0.25, 0.3) is 0 Å². The summed E-state index contributed by atoms with van der Waals surface area (Å²) in [4.78, 5) is 39.1. The van der Waals surface area contributed by atoms with Gasteiger partial charge in [0, 0.05) is 35.8 Å². The van der Waals surface area contributed by atoms with Crippen LogP contribution in [-0.4, -0.2) is 17.3 Å². The molecule has 0 saturated heterocycles. The third-order valence-electron chi connectivity index (χ3n) is 6.76. The average Bonchev–Trinajstić information content (AvgIpc) is 2.74. The fraction of sp³-hybridized carbons (Fsp3) is 0.444. The van der Waals surface area contributed by atoms with E-state index in [2.05, 4.69) is 0 Å². The van der Waals surface area contributed by atoms with Gasteiger partial charge in [-0.2, -0.15) is 0 Å². The van der Waals surface area contributed by atoms with Crippen LogP contribution >= 0.6 is 0 Å². The Balaban J connectivity index is 1.79. The summed E-state index contributed by atoms with van der Waals surface area (Å²) < 4.78 is 0. The van der Waals surface area contributed by atoms with E-state index in [1.807, 2.05) is 50.2 Å². The van der Waals surface area contributed by atoms with Gasteiger partial charge in [-0.1, -0.05) is 60.4 Å². The number of benzene rings is 2. The second-order valence-electron chi connectivity index (χ2n) is 9.04. The van der Waals surface area contributed by atoms with Crippen LogP contribution in [0.15, 0.2) is 36.4 Å². The van der Waals surface area contributed by atoms with Crippen molar-refractivity contribution in [2.24, 2.45) is 0 Å². The van der Waals surface area contributed by atoms with Crippen LogP contribution in [0.4, 0.5) is 0 Å². The monoisotopic (exact) mass is 402 g/mol. The van der Waals surface area contributed by atoms with E-state index in [0.29, 0.717) is 24.0 Å². The molecule has 0 bridgehead atoms. The van der Waals surface area contributed by atoms with Gasteiger partial charge in [0.05, 0.1) is 0 Å². The first-order valence-corrected chi connectivity index (χ1v) is 11.3. The molecule has 4 rings (SSSR count). The Morgan fingerprint density at radius 1 is 0.700 bits per heavy atom. The van der Waals surface area contributed by atoms with Gasteiger partial charge in [-0.25, -0.2) is 0 Å². The molecule has 2 aromatic carbocycles. The fourth-order valence-corrected chi connectivity index (χ4v) is 5.12. The minimum Gasteiger partial charge on any atom is -0.299 e. The highest BCUT2D eigenvalue weighted by atomic mass is 16.1. The molecule has 0 spiro atoms. The third-order valence-corrected chi connectivity index (χ3v) is 6.76. The lowest BCUT2D eigenvalue weighted by Crippen LogP contribution is -2.22. The van der Waals surface area contributed by atoms with Crippen LogP contribution in [0.2, 0.25) is 0 Å². The average molecular weight is 403 g/mol. The predicted molar refractivity (Wildman–Crippen MR) is 118 cm³/mol. The minimum atomic E-state index is -0.192. The summed E-state index contributed by atoms with van der Waals surface area (Å²) in [5, 5.41) is 0. The molecule has 0 aliphatic heterocycles. The molecule has 156 valence electrons. The lowest BCUT2D eigenvalue weighted by molar-refractivity contribution is -0.122. The number of rotatable bonds is 4. The lowest BCUT2D eigenvalue weighted by atomic mass is 9.77. The summed E-state index contributed by atoms with van der Waals surface area (Å²) in [5.41, 5.74) is 5.10. The molecule has 0 heterocycles. The van der Waals surface area contributed by atoms with E-state index < -0.39 is 0 Å². The van der Waals surface area contributed by atoms with Crippen molar-refractivity contribution in [3.05, 3.63) is 69.8 Å². The van der Waals surface area contributed by atoms with Crippen molar-refractivity contribution in [2.75, 3.05) is 0 Å². The summed E-state index contributed by atoms with van der Waals surface area (Å²) in [6.45, 7) is 4.01. The Morgan fingerprint density at radius 2 is 1.13 bits per heavy atom. The Morgan fingerprint density at radius 3 is 1.53 bits per heavy atom. The highest BCUT2D eigenvalue weighted by Gasteiger charge is 2.31. The maximum atomic E-state index is 13.8. The number of carbonyl (C=O) groups excluding carboxylic acids is 3. The van der Waals surface area contributed by atoms with E-state index in [1.165, 1.54) is 0 Å². The van der Waals surface area contributed by atoms with Gasteiger partial charge in [-0.3, -0.25) is 14.4 Å². The van der Waals surface area contributed by atoms with Crippen molar-refractivity contribution >= 4 is 17.3 Å². The fourth-order valence-electron chi connectivity index (χ4n) is 5.12. The maximum Gasteiger partial charge on any atom is 0.193 e. The molecule has 2 aliphatic carbocycles. The van der Waals surface area contributed by atoms with Crippen molar-refractivity contribution in [3.63, 3.8) is 0 Å². The van der Waals surface area contributed by atoms with E-state index in [9.17, 15) is 14.4 Å². The zero-order valence-corrected chi connectivity index (χ0v) is 18.0. The zero-order chi connectivity index (χ0) is 21.3. The van der Waals surface area contributed by atoms with Crippen molar-refractivity contribution < 1.29 is 14.4 Å². The van der Waals surface area contributed by atoms with Gasteiger partial charge in [0.15, 0.2) is 5.78 Å². The molecule has 2 aromatic rings. The number of Topliss-reactive ketones (excluding diaryl/α,β-unsaturated/α-hetero) is 2. The van der Waals surface area contributed by atoms with Crippen molar-refractivity contribution in [1.82, 2.24) is 0 Å². The lowest BCUT2D eigenvalue weighted by Gasteiger charge is -2.25. The van der Waals surface area contributed by atoms with Crippen molar-refractivity contribution in [3.8, 4) is 0 Å². The van der Waals surface area contributed by atoms with Gasteiger partial charge in [-0.15, -0.1) is 0 Å². The van der Waals surface area contributed by atoms with Gasteiger partial charge in [-0.05, 0) is 50.7 Å². The first-order valence-electron chi connectivity index (χ1n) is 11.3. The molecule has 0 radical (unpaired) electrons. The molecule has 2 unspecified atom stereocenters. The van der Waals surface area contributed by atoms with Crippen LogP contribution in [0.3, 0.4) is 0 Å². The van der Waals surface area contributed by atoms with E-state index in [4.69, 9.17) is 0 Å². The molecule has 0 N–H and O–H groups in total. The first-order chi connectivity index (χ1) is 14.5. The Hall–Kier alpha value is -2.55. The molecular weight excluding hydrogens is 372 g/mol. The van der Waals surface area contributed by atoms with E-state index in [0.717, 1.165) is 60.8 Å². The normalized spacial score (nSPS) is 22.2. The highest BCUT2D eigenvalue weighted by molar-refractivity contribution is 6.12. The van der Waals surface area contributed by atoms with Gasteiger partial charge in [0.25, 0.3) is 0 Å². The zero-order valence-electron chi connectivity index (χ0n) is 18.0. The number of hydrogen-bond donors (Lipinski definition) is 0. The van der Waals surface area contributed by atoms with Gasteiger partial charge in [0.2, 0.25) is 0 Å². The van der Waals surface area contributed by atoms with Crippen LogP contribution < -0.4 is 0 Å². The van der Waals surface area contributed by atoms with Gasteiger partial charge < -0.3 is 0 Å². The van der Waals surface area contributed by atoms with Crippen LogP contribution in [0.1, 0.15) is 101 Å². The van der Waals surface area contributed by atoms with Crippen molar-refractivity contribution in [1.29, 1.82) is 0 Å². The van der Waals surface area contributed by atoms with Gasteiger partial charge >= 0.3 is 0 Å². The molecule has 2 aliphatic rings. The summed E-state index contributed by atoms with van der Waals surface area (Å²) in [7, 11) is 0.